The Balaban J connectivity index is 2.21. The first-order valence-corrected chi connectivity index (χ1v) is 16.4. The number of sulfone groups is 1. The van der Waals surface area contributed by atoms with Crippen molar-refractivity contribution in [2.75, 3.05) is 6.54 Å². The average molecular weight is 516 g/mol. The van der Waals surface area contributed by atoms with E-state index in [9.17, 15) is 13.2 Å². The van der Waals surface area contributed by atoms with E-state index in [1.807, 2.05) is 30.3 Å². The second kappa shape index (κ2) is 9.97. The van der Waals surface area contributed by atoms with Gasteiger partial charge >= 0.3 is 0 Å². The van der Waals surface area contributed by atoms with Gasteiger partial charge < -0.3 is 15.1 Å². The van der Waals surface area contributed by atoms with E-state index in [1.165, 1.54) is 6.07 Å². The summed E-state index contributed by atoms with van der Waals surface area (Å²) in [7, 11) is -6.06. The quantitative estimate of drug-likeness (QED) is 0.299. The molecule has 7 nitrogen and oxygen atoms in total. The van der Waals surface area contributed by atoms with Crippen molar-refractivity contribution in [1.82, 2.24) is 9.97 Å². The lowest BCUT2D eigenvalue weighted by atomic mass is 9.99. The van der Waals surface area contributed by atoms with Gasteiger partial charge in [0.1, 0.15) is 17.4 Å². The highest BCUT2D eigenvalue weighted by atomic mass is 32.2. The van der Waals surface area contributed by atoms with Crippen LogP contribution in [0.4, 0.5) is 0 Å². The molecule has 3 aromatic rings. The molecule has 3 rings (SSSR count). The summed E-state index contributed by atoms with van der Waals surface area (Å²) in [5, 5.41) is -0.782. The van der Waals surface area contributed by atoms with E-state index in [1.54, 1.807) is 19.9 Å². The van der Waals surface area contributed by atoms with Crippen LogP contribution in [-0.2, 0) is 20.7 Å². The van der Waals surface area contributed by atoms with Crippen LogP contribution in [0, 0.1) is 0 Å². The van der Waals surface area contributed by atoms with E-state index in [-0.39, 0.29) is 21.3 Å². The van der Waals surface area contributed by atoms with Gasteiger partial charge in [0, 0.05) is 12.0 Å². The molecule has 0 aliphatic rings. The average Bonchev–Trinajstić information content (AvgIpc) is 3.18. The third-order valence-corrected chi connectivity index (χ3v) is 13.4. The number of hydrogen-bond acceptors (Lipinski definition) is 6. The van der Waals surface area contributed by atoms with Crippen LogP contribution in [-0.4, -0.2) is 44.3 Å². The topological polar surface area (TPSA) is 115 Å². The van der Waals surface area contributed by atoms with Crippen LogP contribution in [0.1, 0.15) is 62.5 Å². The zero-order chi connectivity index (χ0) is 26.2. The molecule has 0 aliphatic carbocycles. The maximum atomic E-state index is 14.0. The molecule has 0 fully saturated rings. The molecule has 0 amide bonds. The fraction of sp³-hybridized carbons (Fsp3) is 0.462. The smallest absolute Gasteiger partial charge is 0.195 e. The number of fused-ring (bicyclic) bond motifs is 1. The molecule has 0 bridgehead atoms. The predicted octanol–water partition coefficient (Wildman–Crippen LogP) is 5.19. The molecule has 0 aliphatic heterocycles. The molecule has 1 aromatic heterocycles. The van der Waals surface area contributed by atoms with E-state index >= 15 is 0 Å². The first kappa shape index (κ1) is 27.3. The first-order valence-electron chi connectivity index (χ1n) is 11.9. The number of imidazole rings is 1. The second-order valence-electron chi connectivity index (χ2n) is 10.7. The minimum atomic E-state index is -3.71. The molecule has 1 heterocycles. The Bertz CT molecular complexity index is 1310. The SMILES string of the molecule is CC(C)S(=O)(=O)c1cc(C(=O)C(O[Si](C)(C)C(C)(C)C)c2ccccc2)cc2[nH]c(CCN)nc12. The normalized spacial score (nSPS) is 14.0. The van der Waals surface area contributed by atoms with Gasteiger partial charge in [0.25, 0.3) is 0 Å². The summed E-state index contributed by atoms with van der Waals surface area (Å²) < 4.78 is 33.2. The molecule has 0 spiro atoms. The summed E-state index contributed by atoms with van der Waals surface area (Å²) in [6, 6.07) is 12.5. The van der Waals surface area contributed by atoms with Crippen LogP contribution in [0.25, 0.3) is 11.0 Å². The van der Waals surface area contributed by atoms with E-state index in [0.29, 0.717) is 29.8 Å². The summed E-state index contributed by atoms with van der Waals surface area (Å²) in [5.74, 6) is 0.308. The van der Waals surface area contributed by atoms with Crippen molar-refractivity contribution < 1.29 is 17.6 Å². The van der Waals surface area contributed by atoms with Crippen molar-refractivity contribution in [1.29, 1.82) is 0 Å². The molecule has 0 saturated heterocycles. The molecule has 2 aromatic carbocycles. The Morgan fingerprint density at radius 3 is 2.31 bits per heavy atom. The van der Waals surface area contributed by atoms with Gasteiger partial charge in [-0.1, -0.05) is 51.1 Å². The van der Waals surface area contributed by atoms with Crippen LogP contribution >= 0.6 is 0 Å². The number of benzene rings is 2. The summed E-state index contributed by atoms with van der Waals surface area (Å²) in [4.78, 5) is 21.7. The standard InChI is InChI=1S/C26H37N3O4SSi/c1-17(2)34(31,32)21-16-19(15-20-23(21)29-22(28-20)13-14-27)24(30)25(18-11-9-8-10-12-18)33-35(6,7)26(3,4)5/h8-12,15-17,25H,13-14,27H2,1-7H3,(H,28,29). The molecular formula is C26H37N3O4SSi. The number of carbonyl (C=O) groups excluding carboxylic acids is 1. The Morgan fingerprint density at radius 2 is 1.77 bits per heavy atom. The van der Waals surface area contributed by atoms with Crippen molar-refractivity contribution >= 4 is 35.0 Å². The Kier molecular flexibility index (Phi) is 7.76. The van der Waals surface area contributed by atoms with Gasteiger partial charge in [-0.3, -0.25) is 4.79 Å². The van der Waals surface area contributed by atoms with Crippen molar-refractivity contribution in [3.8, 4) is 0 Å². The lowest BCUT2D eigenvalue weighted by Gasteiger charge is -2.39. The number of aromatic nitrogens is 2. The van der Waals surface area contributed by atoms with E-state index < -0.39 is 29.5 Å². The molecule has 0 saturated carbocycles. The minimum absolute atomic E-state index is 0.0482. The second-order valence-corrected chi connectivity index (χ2v) is 17.9. The number of nitrogens with two attached hydrogens (primary N) is 1. The van der Waals surface area contributed by atoms with Crippen LogP contribution in [0.2, 0.25) is 18.1 Å². The number of hydrogen-bond donors (Lipinski definition) is 2. The summed E-state index contributed by atoms with van der Waals surface area (Å²) in [6.07, 6.45) is -0.379. The Hall–Kier alpha value is -2.33. The minimum Gasteiger partial charge on any atom is -0.403 e. The number of aromatic amines is 1. The number of rotatable bonds is 9. The zero-order valence-electron chi connectivity index (χ0n) is 21.7. The number of Topliss-reactive ketones (excluding diaryl/α,β-unsaturated/α-hetero) is 1. The van der Waals surface area contributed by atoms with Crippen molar-refractivity contribution in [3.05, 3.63) is 59.4 Å². The van der Waals surface area contributed by atoms with E-state index in [4.69, 9.17) is 10.2 Å². The number of H-pyrrole nitrogens is 1. The Labute approximate surface area is 209 Å². The van der Waals surface area contributed by atoms with Crippen molar-refractivity contribution in [2.45, 2.75) is 75.4 Å². The molecule has 3 N–H and O–H groups in total. The van der Waals surface area contributed by atoms with Gasteiger partial charge in [-0.15, -0.1) is 0 Å². The third kappa shape index (κ3) is 5.58. The zero-order valence-corrected chi connectivity index (χ0v) is 23.5. The highest BCUT2D eigenvalue weighted by Crippen LogP contribution is 2.41. The van der Waals surface area contributed by atoms with Crippen molar-refractivity contribution in [3.63, 3.8) is 0 Å². The molecule has 0 radical (unpaired) electrons. The van der Waals surface area contributed by atoms with E-state index in [0.717, 1.165) is 5.56 Å². The Morgan fingerprint density at radius 1 is 1.14 bits per heavy atom. The van der Waals surface area contributed by atoms with Gasteiger partial charge in [0.15, 0.2) is 23.9 Å². The molecule has 190 valence electrons. The molecule has 1 atom stereocenters. The molecule has 35 heavy (non-hydrogen) atoms. The maximum Gasteiger partial charge on any atom is 0.195 e. The highest BCUT2D eigenvalue weighted by Gasteiger charge is 2.41. The lowest BCUT2D eigenvalue weighted by Crippen LogP contribution is -2.43. The highest BCUT2D eigenvalue weighted by molar-refractivity contribution is 7.92. The predicted molar refractivity (Wildman–Crippen MR) is 143 cm³/mol. The third-order valence-electron chi connectivity index (χ3n) is 6.75. The fourth-order valence-corrected chi connectivity index (χ4v) is 5.94. The van der Waals surface area contributed by atoms with Gasteiger partial charge in [0.05, 0.1) is 15.7 Å². The van der Waals surface area contributed by atoms with Crippen LogP contribution in [0.3, 0.4) is 0 Å². The first-order chi connectivity index (χ1) is 16.2. The maximum absolute atomic E-state index is 14.0. The summed E-state index contributed by atoms with van der Waals surface area (Å²) in [5.41, 5.74) is 7.53. The van der Waals surface area contributed by atoms with Crippen LogP contribution in [0.5, 0.6) is 0 Å². The van der Waals surface area contributed by atoms with Gasteiger partial charge in [-0.2, -0.15) is 0 Å². The van der Waals surface area contributed by atoms with Crippen LogP contribution < -0.4 is 5.73 Å². The number of carbonyl (C=O) groups is 1. The van der Waals surface area contributed by atoms with Gasteiger partial charge in [0.2, 0.25) is 0 Å². The van der Waals surface area contributed by atoms with Gasteiger partial charge in [-0.05, 0) is 56.2 Å². The summed E-state index contributed by atoms with van der Waals surface area (Å²) in [6.45, 7) is 14.2. The molecule has 9 heteroatoms. The molecular weight excluding hydrogens is 478 g/mol. The monoisotopic (exact) mass is 515 g/mol. The molecule has 1 unspecified atom stereocenters. The number of nitrogens with zero attached hydrogens (tertiary/aromatic N) is 1. The fourth-order valence-electron chi connectivity index (χ4n) is 3.53. The van der Waals surface area contributed by atoms with Crippen LogP contribution in [0.15, 0.2) is 47.4 Å². The number of ketones is 1. The largest absolute Gasteiger partial charge is 0.403 e. The van der Waals surface area contributed by atoms with Gasteiger partial charge in [-0.25, -0.2) is 13.4 Å². The van der Waals surface area contributed by atoms with Crippen molar-refractivity contribution in [2.24, 2.45) is 5.73 Å². The number of nitrogens with one attached hydrogen (secondary N) is 1. The lowest BCUT2D eigenvalue weighted by molar-refractivity contribution is 0.0767. The summed E-state index contributed by atoms with van der Waals surface area (Å²) >= 11 is 0. The van der Waals surface area contributed by atoms with E-state index in [2.05, 4.69) is 43.8 Å².